The predicted molar refractivity (Wildman–Crippen MR) is 101 cm³/mol. The van der Waals surface area contributed by atoms with Crippen molar-refractivity contribution in [2.75, 3.05) is 11.9 Å². The van der Waals surface area contributed by atoms with Gasteiger partial charge in [0.2, 0.25) is 0 Å². The Morgan fingerprint density at radius 1 is 0.917 bits per heavy atom. The van der Waals surface area contributed by atoms with Gasteiger partial charge in [0.25, 0.3) is 5.91 Å². The molecule has 4 nitrogen and oxygen atoms in total. The summed E-state index contributed by atoms with van der Waals surface area (Å²) in [5, 5.41) is 2.73. The van der Waals surface area contributed by atoms with Gasteiger partial charge in [0, 0.05) is 8.95 Å². The maximum absolute atomic E-state index is 12.1. The summed E-state index contributed by atoms with van der Waals surface area (Å²) in [4.78, 5) is 24.1. The molecule has 0 aliphatic rings. The number of ether oxygens (including phenoxy) is 1. The molecule has 2 aromatic carbocycles. The third kappa shape index (κ3) is 4.92. The van der Waals surface area contributed by atoms with Crippen molar-refractivity contribution in [3.8, 4) is 0 Å². The van der Waals surface area contributed by atoms with Crippen molar-refractivity contribution in [2.45, 2.75) is 20.8 Å². The smallest absolute Gasteiger partial charge is 0.338 e. The van der Waals surface area contributed by atoms with E-state index in [4.69, 9.17) is 4.74 Å². The van der Waals surface area contributed by atoms with Gasteiger partial charge in [-0.2, -0.15) is 0 Å². The van der Waals surface area contributed by atoms with Crippen molar-refractivity contribution < 1.29 is 14.3 Å². The quantitative estimate of drug-likeness (QED) is 0.666. The predicted octanol–water partition coefficient (Wildman–Crippen LogP) is 4.93. The summed E-state index contributed by atoms with van der Waals surface area (Å²) < 4.78 is 6.60. The zero-order valence-electron chi connectivity index (χ0n) is 13.6. The van der Waals surface area contributed by atoms with Crippen LogP contribution in [0.4, 0.5) is 5.69 Å². The second-order valence-electron chi connectivity index (χ2n) is 5.60. The van der Waals surface area contributed by atoms with E-state index in [2.05, 4.69) is 37.2 Å². The molecule has 0 unspecified atom stereocenters. The highest BCUT2D eigenvalue weighted by Gasteiger charge is 2.14. The Balaban J connectivity index is 2.00. The molecule has 1 amide bonds. The van der Waals surface area contributed by atoms with Crippen LogP contribution in [0.1, 0.15) is 27.0 Å². The average Bonchev–Trinajstić information content (AvgIpc) is 2.47. The van der Waals surface area contributed by atoms with Gasteiger partial charge in [-0.15, -0.1) is 0 Å². The summed E-state index contributed by atoms with van der Waals surface area (Å²) >= 11 is 6.81. The van der Waals surface area contributed by atoms with Crippen LogP contribution in [-0.4, -0.2) is 18.5 Å². The van der Waals surface area contributed by atoms with E-state index < -0.39 is 11.9 Å². The van der Waals surface area contributed by atoms with Gasteiger partial charge in [0.15, 0.2) is 6.61 Å². The van der Waals surface area contributed by atoms with Crippen LogP contribution in [0.15, 0.2) is 39.3 Å². The summed E-state index contributed by atoms with van der Waals surface area (Å²) in [6.07, 6.45) is 0. The molecular weight excluding hydrogens is 438 g/mol. The summed E-state index contributed by atoms with van der Waals surface area (Å²) in [5.41, 5.74) is 4.04. The molecule has 0 atom stereocenters. The number of hydrogen-bond donors (Lipinski definition) is 1. The number of halogens is 2. The van der Waals surface area contributed by atoms with E-state index >= 15 is 0 Å². The minimum atomic E-state index is -0.515. The molecule has 6 heteroatoms. The zero-order chi connectivity index (χ0) is 17.9. The van der Waals surface area contributed by atoms with E-state index in [1.54, 1.807) is 12.1 Å². The normalized spacial score (nSPS) is 10.4. The van der Waals surface area contributed by atoms with E-state index in [9.17, 15) is 9.59 Å². The van der Waals surface area contributed by atoms with Gasteiger partial charge in [0.05, 0.1) is 11.3 Å². The van der Waals surface area contributed by atoms with E-state index in [-0.39, 0.29) is 6.61 Å². The average molecular weight is 455 g/mol. The van der Waals surface area contributed by atoms with Crippen LogP contribution in [0.5, 0.6) is 0 Å². The first-order valence-corrected chi connectivity index (χ1v) is 8.86. The lowest BCUT2D eigenvalue weighted by atomic mass is 10.1. The number of nitrogens with one attached hydrogen (secondary N) is 1. The molecule has 2 aromatic rings. The van der Waals surface area contributed by atoms with Crippen molar-refractivity contribution in [1.29, 1.82) is 0 Å². The lowest BCUT2D eigenvalue weighted by Crippen LogP contribution is -2.21. The Morgan fingerprint density at radius 3 is 1.96 bits per heavy atom. The zero-order valence-corrected chi connectivity index (χ0v) is 16.7. The maximum atomic E-state index is 12.1. The largest absolute Gasteiger partial charge is 0.452 e. The van der Waals surface area contributed by atoms with Gasteiger partial charge < -0.3 is 10.1 Å². The molecular formula is C18H17Br2NO3. The van der Waals surface area contributed by atoms with Gasteiger partial charge in [0.1, 0.15) is 0 Å². The molecule has 0 fully saturated rings. The molecule has 0 bridgehead atoms. The number of carbonyl (C=O) groups is 2. The first-order chi connectivity index (χ1) is 11.3. The topological polar surface area (TPSA) is 55.4 Å². The lowest BCUT2D eigenvalue weighted by Gasteiger charge is -2.11. The summed E-state index contributed by atoms with van der Waals surface area (Å²) in [6, 6.07) is 9.22. The highest BCUT2D eigenvalue weighted by atomic mass is 79.9. The number of esters is 1. The van der Waals surface area contributed by atoms with Crippen LogP contribution >= 0.6 is 31.9 Å². The number of rotatable bonds is 4. The highest BCUT2D eigenvalue weighted by Crippen LogP contribution is 2.32. The molecule has 1 N–H and O–H groups in total. The number of amides is 1. The van der Waals surface area contributed by atoms with Gasteiger partial charge in [-0.3, -0.25) is 4.79 Å². The second-order valence-corrected chi connectivity index (χ2v) is 7.31. The summed E-state index contributed by atoms with van der Waals surface area (Å²) in [6.45, 7) is 5.41. The van der Waals surface area contributed by atoms with Crippen molar-refractivity contribution in [3.63, 3.8) is 0 Å². The number of hydrogen-bond acceptors (Lipinski definition) is 3. The van der Waals surface area contributed by atoms with Gasteiger partial charge in [-0.25, -0.2) is 4.79 Å². The molecule has 0 saturated heterocycles. The van der Waals surface area contributed by atoms with Crippen molar-refractivity contribution >= 4 is 49.4 Å². The van der Waals surface area contributed by atoms with Crippen molar-refractivity contribution in [2.24, 2.45) is 0 Å². The summed E-state index contributed by atoms with van der Waals surface area (Å²) in [7, 11) is 0. The first-order valence-electron chi connectivity index (χ1n) is 7.27. The lowest BCUT2D eigenvalue weighted by molar-refractivity contribution is -0.119. The monoisotopic (exact) mass is 453 g/mol. The number of benzene rings is 2. The van der Waals surface area contributed by atoms with Crippen LogP contribution in [0, 0.1) is 20.8 Å². The Labute approximate surface area is 157 Å². The fourth-order valence-corrected chi connectivity index (χ4v) is 3.92. The molecule has 2 rings (SSSR count). The highest BCUT2D eigenvalue weighted by molar-refractivity contribution is 9.11. The van der Waals surface area contributed by atoms with Crippen LogP contribution < -0.4 is 5.32 Å². The van der Waals surface area contributed by atoms with Crippen LogP contribution in [0.2, 0.25) is 0 Å². The maximum Gasteiger partial charge on any atom is 0.338 e. The van der Waals surface area contributed by atoms with Gasteiger partial charge in [-0.05, 0) is 82.5 Å². The molecule has 0 aromatic heterocycles. The molecule has 24 heavy (non-hydrogen) atoms. The minimum absolute atomic E-state index is 0.349. The third-order valence-corrected chi connectivity index (χ3v) is 4.49. The first kappa shape index (κ1) is 18.7. The van der Waals surface area contributed by atoms with E-state index in [1.807, 2.05) is 39.0 Å². The van der Waals surface area contributed by atoms with Crippen molar-refractivity contribution in [3.05, 3.63) is 61.5 Å². The molecule has 0 radical (unpaired) electrons. The Bertz CT molecular complexity index is 760. The standard InChI is InChI=1S/C18H17Br2NO3/c1-10-4-11(2)6-13(5-10)18(23)24-9-16(22)21-17-14(19)7-12(3)8-15(17)20/h4-8H,9H2,1-3H3,(H,21,22). The Morgan fingerprint density at radius 2 is 1.42 bits per heavy atom. The van der Waals surface area contributed by atoms with Crippen LogP contribution in [0.3, 0.4) is 0 Å². The Kier molecular flexibility index (Phi) is 6.18. The molecule has 0 spiro atoms. The molecule has 126 valence electrons. The fourth-order valence-electron chi connectivity index (χ4n) is 2.30. The number of anilines is 1. The second kappa shape index (κ2) is 7.94. The summed E-state index contributed by atoms with van der Waals surface area (Å²) in [5.74, 6) is -0.919. The molecule has 0 heterocycles. The fraction of sp³-hybridized carbons (Fsp3) is 0.222. The van der Waals surface area contributed by atoms with Crippen molar-refractivity contribution in [1.82, 2.24) is 0 Å². The molecule has 0 saturated carbocycles. The van der Waals surface area contributed by atoms with E-state index in [0.717, 1.165) is 25.6 Å². The SMILES string of the molecule is Cc1cc(C)cc(C(=O)OCC(=O)Nc2c(Br)cc(C)cc2Br)c1. The van der Waals surface area contributed by atoms with Crippen LogP contribution in [-0.2, 0) is 9.53 Å². The Hall–Kier alpha value is -1.66. The van der Waals surface area contributed by atoms with Gasteiger partial charge in [-0.1, -0.05) is 17.2 Å². The van der Waals surface area contributed by atoms with Gasteiger partial charge >= 0.3 is 5.97 Å². The minimum Gasteiger partial charge on any atom is -0.452 e. The molecule has 0 aliphatic carbocycles. The third-order valence-electron chi connectivity index (χ3n) is 3.24. The molecule has 0 aliphatic heterocycles. The van der Waals surface area contributed by atoms with E-state index in [1.165, 1.54) is 0 Å². The van der Waals surface area contributed by atoms with Crippen LogP contribution in [0.25, 0.3) is 0 Å². The number of aryl methyl sites for hydroxylation is 3. The number of carbonyl (C=O) groups excluding carboxylic acids is 2. The van der Waals surface area contributed by atoms with E-state index in [0.29, 0.717) is 11.3 Å².